The number of aromatic nitrogens is 2. The summed E-state index contributed by atoms with van der Waals surface area (Å²) in [6.45, 7) is -0.0578. The van der Waals surface area contributed by atoms with Crippen LogP contribution in [0.4, 0.5) is 5.82 Å². The number of nitrogen functional groups attached to an aromatic ring is 1. The van der Waals surface area contributed by atoms with Gasteiger partial charge in [-0.3, -0.25) is 5.10 Å². The van der Waals surface area contributed by atoms with Crippen molar-refractivity contribution in [2.45, 2.75) is 0 Å². The van der Waals surface area contributed by atoms with Crippen LogP contribution in [-0.2, 0) is 4.74 Å². The largest absolute Gasteiger partial charge is 0.448 e. The first-order valence-corrected chi connectivity index (χ1v) is 3.15. The summed E-state index contributed by atoms with van der Waals surface area (Å²) in [5, 5.41) is 5.94. The van der Waals surface area contributed by atoms with E-state index in [0.29, 0.717) is 0 Å². The second-order valence-corrected chi connectivity index (χ2v) is 1.99. The van der Waals surface area contributed by atoms with Gasteiger partial charge < -0.3 is 10.5 Å². The lowest BCUT2D eigenvalue weighted by Crippen LogP contribution is -2.05. The number of hydrogen-bond donors (Lipinski definition) is 2. The molecular weight excluding hydrogens is 158 g/mol. The van der Waals surface area contributed by atoms with Gasteiger partial charge in [-0.25, -0.2) is 4.79 Å². The van der Waals surface area contributed by atoms with Gasteiger partial charge in [0.1, 0.15) is 11.5 Å². The van der Waals surface area contributed by atoms with Gasteiger partial charge in [0, 0.05) is 6.07 Å². The lowest BCUT2D eigenvalue weighted by atomic mass is 10.4. The van der Waals surface area contributed by atoms with Crippen molar-refractivity contribution in [2.24, 2.45) is 0 Å². The van der Waals surface area contributed by atoms with E-state index in [-0.39, 0.29) is 18.1 Å². The Labute approximate surface area is 68.9 Å². The van der Waals surface area contributed by atoms with Gasteiger partial charge in [0.2, 0.25) is 0 Å². The van der Waals surface area contributed by atoms with Crippen LogP contribution in [0.5, 0.6) is 0 Å². The van der Waals surface area contributed by atoms with Gasteiger partial charge in [-0.2, -0.15) is 5.10 Å². The number of H-pyrrole nitrogens is 1. The van der Waals surface area contributed by atoms with Crippen LogP contribution in [0.3, 0.4) is 0 Å². The number of carbonyl (C=O) groups is 1. The Bertz CT molecular complexity index is 324. The lowest BCUT2D eigenvalue weighted by Gasteiger charge is -1.95. The first kappa shape index (κ1) is 8.14. The summed E-state index contributed by atoms with van der Waals surface area (Å²) >= 11 is 0. The smallest absolute Gasteiger partial charge is 0.357 e. The molecule has 5 nitrogen and oxygen atoms in total. The molecule has 0 radical (unpaired) electrons. The quantitative estimate of drug-likeness (QED) is 0.469. The van der Waals surface area contributed by atoms with Crippen molar-refractivity contribution in [3.8, 4) is 12.3 Å². The number of hydrogen-bond acceptors (Lipinski definition) is 4. The van der Waals surface area contributed by atoms with E-state index in [1.54, 1.807) is 0 Å². The highest BCUT2D eigenvalue weighted by atomic mass is 16.5. The van der Waals surface area contributed by atoms with E-state index in [9.17, 15) is 4.79 Å². The molecule has 0 aromatic carbocycles. The number of terminal acetylenes is 1. The SMILES string of the molecule is C#CCOC(=O)c1cc(N)n[nH]1. The van der Waals surface area contributed by atoms with Crippen molar-refractivity contribution in [1.82, 2.24) is 10.2 Å². The van der Waals surface area contributed by atoms with E-state index < -0.39 is 5.97 Å². The molecule has 1 aromatic rings. The van der Waals surface area contributed by atoms with Crippen molar-refractivity contribution in [1.29, 1.82) is 0 Å². The van der Waals surface area contributed by atoms with Crippen LogP contribution in [0.25, 0.3) is 0 Å². The summed E-state index contributed by atoms with van der Waals surface area (Å²) in [4.78, 5) is 11.0. The minimum Gasteiger partial charge on any atom is -0.448 e. The molecule has 0 saturated carbocycles. The molecule has 0 aliphatic carbocycles. The fourth-order valence-electron chi connectivity index (χ4n) is 0.627. The number of nitrogens with two attached hydrogens (primary N) is 1. The Morgan fingerprint density at radius 2 is 2.67 bits per heavy atom. The molecule has 0 unspecified atom stereocenters. The van der Waals surface area contributed by atoms with Gasteiger partial charge in [-0.1, -0.05) is 5.92 Å². The number of nitrogens with zero attached hydrogens (tertiary/aromatic N) is 1. The fourth-order valence-corrected chi connectivity index (χ4v) is 0.627. The standard InChI is InChI=1S/C7H7N3O2/c1-2-3-12-7(11)5-4-6(8)10-9-5/h1,4H,3H2,(H3,8,9,10). The predicted molar refractivity (Wildman–Crippen MR) is 42.1 cm³/mol. The third kappa shape index (κ3) is 1.76. The summed E-state index contributed by atoms with van der Waals surface area (Å²) in [5.41, 5.74) is 5.45. The molecule has 0 amide bonds. The Morgan fingerprint density at radius 3 is 3.17 bits per heavy atom. The van der Waals surface area contributed by atoms with E-state index in [1.165, 1.54) is 6.07 Å². The third-order valence-corrected chi connectivity index (χ3v) is 1.10. The molecule has 0 fully saturated rings. The molecule has 0 spiro atoms. The van der Waals surface area contributed by atoms with Gasteiger partial charge in [0.15, 0.2) is 6.61 Å². The maximum absolute atomic E-state index is 11.0. The van der Waals surface area contributed by atoms with Crippen molar-refractivity contribution in [2.75, 3.05) is 12.3 Å². The highest BCUT2D eigenvalue weighted by molar-refractivity contribution is 5.88. The summed E-state index contributed by atoms with van der Waals surface area (Å²) in [7, 11) is 0. The molecule has 1 rings (SSSR count). The lowest BCUT2D eigenvalue weighted by molar-refractivity contribution is 0.0550. The van der Waals surface area contributed by atoms with Crippen LogP contribution in [0.15, 0.2) is 6.07 Å². The fraction of sp³-hybridized carbons (Fsp3) is 0.143. The van der Waals surface area contributed by atoms with E-state index in [1.807, 2.05) is 0 Å². The summed E-state index contributed by atoms with van der Waals surface area (Å²) in [5.74, 6) is 1.85. The van der Waals surface area contributed by atoms with Crippen molar-refractivity contribution < 1.29 is 9.53 Å². The minimum absolute atomic E-state index is 0.0578. The minimum atomic E-state index is -0.558. The van der Waals surface area contributed by atoms with Crippen LogP contribution in [-0.4, -0.2) is 22.8 Å². The second-order valence-electron chi connectivity index (χ2n) is 1.99. The molecular formula is C7H7N3O2. The maximum atomic E-state index is 11.0. The molecule has 62 valence electrons. The number of nitrogens with one attached hydrogen (secondary N) is 1. The molecule has 12 heavy (non-hydrogen) atoms. The highest BCUT2D eigenvalue weighted by Crippen LogP contribution is 2.01. The average Bonchev–Trinajstić information content (AvgIpc) is 2.47. The Kier molecular flexibility index (Phi) is 2.33. The zero-order valence-corrected chi connectivity index (χ0v) is 6.20. The Morgan fingerprint density at radius 1 is 1.92 bits per heavy atom. The number of rotatable bonds is 2. The van der Waals surface area contributed by atoms with Crippen molar-refractivity contribution >= 4 is 11.8 Å². The molecule has 5 heteroatoms. The monoisotopic (exact) mass is 165 g/mol. The van der Waals surface area contributed by atoms with Crippen LogP contribution in [0.1, 0.15) is 10.5 Å². The number of anilines is 1. The molecule has 0 atom stereocenters. The Balaban J connectivity index is 2.61. The molecule has 0 aliphatic rings. The molecule has 0 aliphatic heterocycles. The first-order valence-electron chi connectivity index (χ1n) is 3.15. The highest BCUT2D eigenvalue weighted by Gasteiger charge is 2.08. The van der Waals surface area contributed by atoms with E-state index in [4.69, 9.17) is 12.2 Å². The van der Waals surface area contributed by atoms with Crippen LogP contribution in [0.2, 0.25) is 0 Å². The average molecular weight is 165 g/mol. The van der Waals surface area contributed by atoms with Gasteiger partial charge in [-0.05, 0) is 0 Å². The molecule has 0 bridgehead atoms. The van der Waals surface area contributed by atoms with Crippen LogP contribution < -0.4 is 5.73 Å². The molecule has 0 saturated heterocycles. The van der Waals surface area contributed by atoms with E-state index in [0.717, 1.165) is 0 Å². The van der Waals surface area contributed by atoms with Gasteiger partial charge in [0.25, 0.3) is 0 Å². The molecule has 1 heterocycles. The normalized spacial score (nSPS) is 8.92. The molecule has 1 aromatic heterocycles. The van der Waals surface area contributed by atoms with Gasteiger partial charge >= 0.3 is 5.97 Å². The van der Waals surface area contributed by atoms with Crippen molar-refractivity contribution in [3.63, 3.8) is 0 Å². The number of esters is 1. The number of ether oxygens (including phenoxy) is 1. The first-order chi connectivity index (χ1) is 5.74. The third-order valence-electron chi connectivity index (χ3n) is 1.10. The topological polar surface area (TPSA) is 81.0 Å². The van der Waals surface area contributed by atoms with Crippen LogP contribution in [0, 0.1) is 12.3 Å². The number of aromatic amines is 1. The summed E-state index contributed by atoms with van der Waals surface area (Å²) < 4.78 is 4.59. The summed E-state index contributed by atoms with van der Waals surface area (Å²) in [6, 6.07) is 1.37. The van der Waals surface area contributed by atoms with Gasteiger partial charge in [0.05, 0.1) is 0 Å². The van der Waals surface area contributed by atoms with Crippen LogP contribution >= 0.6 is 0 Å². The zero-order valence-electron chi connectivity index (χ0n) is 6.20. The number of carbonyl (C=O) groups excluding carboxylic acids is 1. The Hall–Kier alpha value is -1.96. The molecule has 3 N–H and O–H groups in total. The van der Waals surface area contributed by atoms with Crippen molar-refractivity contribution in [3.05, 3.63) is 11.8 Å². The van der Waals surface area contributed by atoms with Gasteiger partial charge in [-0.15, -0.1) is 6.42 Å². The zero-order chi connectivity index (χ0) is 8.97. The maximum Gasteiger partial charge on any atom is 0.357 e. The second kappa shape index (κ2) is 3.44. The van der Waals surface area contributed by atoms with E-state index >= 15 is 0 Å². The van der Waals surface area contributed by atoms with E-state index in [2.05, 4.69) is 20.9 Å². The summed E-state index contributed by atoms with van der Waals surface area (Å²) in [6.07, 6.45) is 4.88. The predicted octanol–water partition coefficient (Wildman–Crippen LogP) is -0.218.